The van der Waals surface area contributed by atoms with Gasteiger partial charge in [0.15, 0.2) is 0 Å². The fourth-order valence-electron chi connectivity index (χ4n) is 3.54. The Bertz CT molecular complexity index is 1240. The average Bonchev–Trinajstić information content (AvgIpc) is 2.78. The Morgan fingerprint density at radius 3 is 2.45 bits per heavy atom. The summed E-state index contributed by atoms with van der Waals surface area (Å²) in [6.07, 6.45) is 2.16. The first-order chi connectivity index (χ1) is 14.1. The Morgan fingerprint density at radius 2 is 1.72 bits per heavy atom. The molecule has 2 N–H and O–H groups in total. The Hall–Kier alpha value is -3.73. The number of benzene rings is 3. The Balaban J connectivity index is 1.80. The third kappa shape index (κ3) is 3.43. The standard InChI is InChI=1S/C24H23N5/c1-3-17-11-13-18(14-12-17)19-7-6-8-20(15-19)28(2)23-21-9-4-5-10-22(21)29(16-25)24(26)27-23/h4-16,25-26H,3H2,1-2H3. The van der Waals surface area contributed by atoms with E-state index in [0.29, 0.717) is 5.82 Å². The lowest BCUT2D eigenvalue weighted by Gasteiger charge is -2.21. The maximum atomic E-state index is 8.24. The number of hydrogen-bond acceptors (Lipinski definition) is 4. The summed E-state index contributed by atoms with van der Waals surface area (Å²) < 4.78 is 1.47. The third-order valence-corrected chi connectivity index (χ3v) is 5.22. The highest BCUT2D eigenvalue weighted by Gasteiger charge is 2.13. The van der Waals surface area contributed by atoms with Gasteiger partial charge in [0.25, 0.3) is 0 Å². The molecule has 0 aliphatic rings. The van der Waals surface area contributed by atoms with Crippen LogP contribution in [0.1, 0.15) is 12.5 Å². The number of nitrogens with one attached hydrogen (secondary N) is 2. The largest absolute Gasteiger partial charge is 0.329 e. The lowest BCUT2D eigenvalue weighted by atomic mass is 10.0. The van der Waals surface area contributed by atoms with E-state index >= 15 is 0 Å². The maximum absolute atomic E-state index is 8.24. The first-order valence-electron chi connectivity index (χ1n) is 9.62. The van der Waals surface area contributed by atoms with Crippen LogP contribution in [0.25, 0.3) is 22.0 Å². The van der Waals surface area contributed by atoms with Crippen LogP contribution in [-0.4, -0.2) is 22.9 Å². The van der Waals surface area contributed by atoms with Crippen LogP contribution in [0.15, 0.2) is 72.8 Å². The van der Waals surface area contributed by atoms with E-state index in [-0.39, 0.29) is 5.62 Å². The lowest BCUT2D eigenvalue weighted by Crippen LogP contribution is -2.26. The number of aromatic nitrogens is 2. The van der Waals surface area contributed by atoms with Crippen LogP contribution in [0.4, 0.5) is 11.5 Å². The van der Waals surface area contributed by atoms with Crippen LogP contribution >= 0.6 is 0 Å². The van der Waals surface area contributed by atoms with Gasteiger partial charge in [-0.15, -0.1) is 0 Å². The number of para-hydroxylation sites is 1. The van der Waals surface area contributed by atoms with Crippen LogP contribution in [0.5, 0.6) is 0 Å². The molecule has 0 spiro atoms. The van der Waals surface area contributed by atoms with Crippen molar-refractivity contribution in [2.24, 2.45) is 0 Å². The van der Waals surface area contributed by atoms with Crippen LogP contribution in [-0.2, 0) is 6.42 Å². The molecule has 0 aliphatic carbocycles. The topological polar surface area (TPSA) is 68.8 Å². The van der Waals surface area contributed by atoms with Crippen LogP contribution in [0.2, 0.25) is 0 Å². The molecule has 0 saturated carbocycles. The minimum Gasteiger partial charge on any atom is -0.329 e. The zero-order chi connectivity index (χ0) is 20.4. The molecule has 1 heterocycles. The zero-order valence-electron chi connectivity index (χ0n) is 16.6. The second-order valence-corrected chi connectivity index (χ2v) is 6.94. The van der Waals surface area contributed by atoms with Crippen molar-refractivity contribution in [1.29, 1.82) is 10.8 Å². The van der Waals surface area contributed by atoms with Gasteiger partial charge in [0.05, 0.1) is 11.9 Å². The summed E-state index contributed by atoms with van der Waals surface area (Å²) in [6.45, 7) is 2.16. The van der Waals surface area contributed by atoms with Gasteiger partial charge in [-0.05, 0) is 47.4 Å². The lowest BCUT2D eigenvalue weighted by molar-refractivity contribution is 0.915. The summed E-state index contributed by atoms with van der Waals surface area (Å²) in [7, 11) is 1.96. The number of hydrogen-bond donors (Lipinski definition) is 2. The highest BCUT2D eigenvalue weighted by molar-refractivity contribution is 5.94. The molecule has 4 rings (SSSR count). The fourth-order valence-corrected chi connectivity index (χ4v) is 3.54. The highest BCUT2D eigenvalue weighted by Crippen LogP contribution is 2.31. The molecule has 3 aromatic carbocycles. The summed E-state index contributed by atoms with van der Waals surface area (Å²) >= 11 is 0. The normalized spacial score (nSPS) is 10.8. The van der Waals surface area contributed by atoms with Crippen molar-refractivity contribution >= 4 is 28.7 Å². The summed E-state index contributed by atoms with van der Waals surface area (Å²) in [5.74, 6) is 0.696. The van der Waals surface area contributed by atoms with Gasteiger partial charge in [0, 0.05) is 18.1 Å². The number of anilines is 2. The van der Waals surface area contributed by atoms with E-state index in [1.807, 2.05) is 48.3 Å². The zero-order valence-corrected chi connectivity index (χ0v) is 16.6. The van der Waals surface area contributed by atoms with Gasteiger partial charge in [-0.25, -0.2) is 0 Å². The summed E-state index contributed by atoms with van der Waals surface area (Å²) in [4.78, 5) is 6.48. The summed E-state index contributed by atoms with van der Waals surface area (Å²) in [6, 6.07) is 24.7. The van der Waals surface area contributed by atoms with Crippen molar-refractivity contribution in [3.05, 3.63) is 84.0 Å². The van der Waals surface area contributed by atoms with Crippen molar-refractivity contribution in [3.63, 3.8) is 0 Å². The molecule has 0 aliphatic heterocycles. The average molecular weight is 381 g/mol. The molecular weight excluding hydrogens is 358 g/mol. The molecule has 0 unspecified atom stereocenters. The predicted octanol–water partition coefficient (Wildman–Crippen LogP) is 4.97. The molecular formula is C24H23N5. The van der Waals surface area contributed by atoms with Crippen LogP contribution < -0.4 is 10.5 Å². The van der Waals surface area contributed by atoms with Gasteiger partial charge in [-0.2, -0.15) is 4.98 Å². The molecule has 0 radical (unpaired) electrons. The first kappa shape index (κ1) is 18.6. The number of rotatable bonds is 5. The van der Waals surface area contributed by atoms with Gasteiger partial charge in [-0.1, -0.05) is 55.5 Å². The van der Waals surface area contributed by atoms with Gasteiger partial charge in [0.1, 0.15) is 5.82 Å². The van der Waals surface area contributed by atoms with E-state index < -0.39 is 0 Å². The fraction of sp³-hybridized carbons (Fsp3) is 0.125. The van der Waals surface area contributed by atoms with Gasteiger partial charge in [0.2, 0.25) is 5.62 Å². The molecule has 0 bridgehead atoms. The quantitative estimate of drug-likeness (QED) is 0.379. The molecule has 0 atom stereocenters. The number of aryl methyl sites for hydroxylation is 1. The molecule has 5 heteroatoms. The molecule has 5 nitrogen and oxygen atoms in total. The van der Waals surface area contributed by atoms with Gasteiger partial charge in [-0.3, -0.25) is 15.4 Å². The van der Waals surface area contributed by atoms with Gasteiger partial charge < -0.3 is 4.90 Å². The predicted molar refractivity (Wildman–Crippen MR) is 119 cm³/mol. The summed E-state index contributed by atoms with van der Waals surface area (Å²) in [5, 5.41) is 16.8. The van der Waals surface area contributed by atoms with Crippen molar-refractivity contribution in [3.8, 4) is 11.1 Å². The number of fused-ring (bicyclic) bond motifs is 1. The van der Waals surface area contributed by atoms with Crippen molar-refractivity contribution in [2.75, 3.05) is 11.9 Å². The molecule has 0 fully saturated rings. The Labute approximate surface area is 169 Å². The molecule has 4 aromatic rings. The smallest absolute Gasteiger partial charge is 0.229 e. The Morgan fingerprint density at radius 1 is 0.966 bits per heavy atom. The third-order valence-electron chi connectivity index (χ3n) is 5.22. The van der Waals surface area contributed by atoms with Gasteiger partial charge >= 0.3 is 0 Å². The van der Waals surface area contributed by atoms with E-state index in [1.54, 1.807) is 0 Å². The van der Waals surface area contributed by atoms with Crippen molar-refractivity contribution in [2.45, 2.75) is 13.3 Å². The second kappa shape index (κ2) is 7.72. The molecule has 144 valence electrons. The van der Waals surface area contributed by atoms with E-state index in [4.69, 9.17) is 10.8 Å². The van der Waals surface area contributed by atoms with E-state index in [9.17, 15) is 0 Å². The summed E-state index contributed by atoms with van der Waals surface area (Å²) in [5.41, 5.74) is 5.45. The van der Waals surface area contributed by atoms with Crippen LogP contribution in [0.3, 0.4) is 0 Å². The first-order valence-corrected chi connectivity index (χ1v) is 9.62. The van der Waals surface area contributed by atoms with Crippen molar-refractivity contribution in [1.82, 2.24) is 9.55 Å². The molecule has 1 aromatic heterocycles. The second-order valence-electron chi connectivity index (χ2n) is 6.94. The minimum atomic E-state index is 0.0341. The maximum Gasteiger partial charge on any atom is 0.229 e. The molecule has 0 amide bonds. The monoisotopic (exact) mass is 381 g/mol. The number of nitrogens with zero attached hydrogens (tertiary/aromatic N) is 3. The van der Waals surface area contributed by atoms with E-state index in [0.717, 1.165) is 34.9 Å². The minimum absolute atomic E-state index is 0.0341. The van der Waals surface area contributed by atoms with E-state index in [1.165, 1.54) is 15.7 Å². The highest BCUT2D eigenvalue weighted by atomic mass is 15.2. The van der Waals surface area contributed by atoms with Crippen molar-refractivity contribution < 1.29 is 0 Å². The SMILES string of the molecule is CCc1ccc(-c2cccc(N(C)c3nc(=N)n(C=N)c4ccccc34)c2)cc1. The molecule has 29 heavy (non-hydrogen) atoms. The van der Waals surface area contributed by atoms with Crippen LogP contribution in [0, 0.1) is 10.8 Å². The Kier molecular flexibility index (Phi) is 4.96. The van der Waals surface area contributed by atoms with E-state index in [2.05, 4.69) is 48.3 Å². The molecule has 0 saturated heterocycles.